The lowest BCUT2D eigenvalue weighted by molar-refractivity contribution is 0.0949. The van der Waals surface area contributed by atoms with Gasteiger partial charge in [-0.15, -0.1) is 0 Å². The van der Waals surface area contributed by atoms with Gasteiger partial charge in [-0.05, 0) is 6.07 Å². The first-order chi connectivity index (χ1) is 10.3. The molecule has 3 rings (SSSR count). The summed E-state index contributed by atoms with van der Waals surface area (Å²) in [5.41, 5.74) is 2.15. The first-order valence-corrected chi connectivity index (χ1v) is 6.56. The molecule has 0 aliphatic rings. The zero-order chi connectivity index (χ0) is 14.5. The number of hydrogen-bond donors (Lipinski definition) is 3. The highest BCUT2D eigenvalue weighted by Crippen LogP contribution is 2.16. The molecule has 0 radical (unpaired) electrons. The van der Waals surface area contributed by atoms with Crippen LogP contribution in [0.2, 0.25) is 0 Å². The van der Waals surface area contributed by atoms with Gasteiger partial charge in [-0.25, -0.2) is 4.98 Å². The topological polar surface area (TPSA) is 99.3 Å². The highest BCUT2D eigenvalue weighted by Gasteiger charge is 2.10. The summed E-state index contributed by atoms with van der Waals surface area (Å²) in [7, 11) is 0. The van der Waals surface area contributed by atoms with E-state index in [0.29, 0.717) is 18.7 Å². The molecule has 106 valence electrons. The third-order valence-corrected chi connectivity index (χ3v) is 3.00. The maximum absolute atomic E-state index is 12.0. The fraction of sp³-hybridized carbons (Fsp3) is 0.143. The first kappa shape index (κ1) is 13.0. The van der Waals surface area contributed by atoms with Gasteiger partial charge in [-0.2, -0.15) is 10.2 Å². The van der Waals surface area contributed by atoms with Crippen molar-refractivity contribution >= 4 is 5.91 Å². The molecule has 21 heavy (non-hydrogen) atoms. The molecule has 7 heteroatoms. The van der Waals surface area contributed by atoms with Crippen LogP contribution in [-0.4, -0.2) is 37.8 Å². The number of nitrogens with one attached hydrogen (secondary N) is 3. The molecule has 3 aromatic rings. The third kappa shape index (κ3) is 3.14. The zero-order valence-corrected chi connectivity index (χ0v) is 11.2. The van der Waals surface area contributed by atoms with Crippen LogP contribution in [0.5, 0.6) is 0 Å². The van der Waals surface area contributed by atoms with E-state index in [9.17, 15) is 4.79 Å². The lowest BCUT2D eigenvalue weighted by atomic mass is 10.1. The lowest BCUT2D eigenvalue weighted by Gasteiger charge is -2.00. The third-order valence-electron chi connectivity index (χ3n) is 3.00. The summed E-state index contributed by atoms with van der Waals surface area (Å²) >= 11 is 0. The van der Waals surface area contributed by atoms with Gasteiger partial charge in [-0.1, -0.05) is 30.3 Å². The molecule has 0 fully saturated rings. The number of H-pyrrole nitrogens is 2. The van der Waals surface area contributed by atoms with E-state index in [1.807, 2.05) is 30.3 Å². The molecule has 2 aromatic heterocycles. The van der Waals surface area contributed by atoms with Crippen molar-refractivity contribution < 1.29 is 4.79 Å². The first-order valence-electron chi connectivity index (χ1n) is 6.56. The summed E-state index contributed by atoms with van der Waals surface area (Å²) in [6.45, 7) is 0.480. The molecule has 7 nitrogen and oxygen atoms in total. The van der Waals surface area contributed by atoms with Crippen LogP contribution in [0.4, 0.5) is 0 Å². The van der Waals surface area contributed by atoms with Gasteiger partial charge in [-0.3, -0.25) is 15.0 Å². The molecule has 3 N–H and O–H groups in total. The van der Waals surface area contributed by atoms with E-state index < -0.39 is 0 Å². The van der Waals surface area contributed by atoms with Crippen LogP contribution in [-0.2, 0) is 6.42 Å². The van der Waals surface area contributed by atoms with Crippen LogP contribution in [0, 0.1) is 0 Å². The van der Waals surface area contributed by atoms with Crippen molar-refractivity contribution in [3.05, 3.63) is 54.2 Å². The summed E-state index contributed by atoms with van der Waals surface area (Å²) < 4.78 is 0. The van der Waals surface area contributed by atoms with E-state index in [-0.39, 0.29) is 5.91 Å². The molecule has 0 aliphatic carbocycles. The van der Waals surface area contributed by atoms with Gasteiger partial charge >= 0.3 is 0 Å². The molecule has 1 amide bonds. The Balaban J connectivity index is 1.59. The van der Waals surface area contributed by atoms with Crippen LogP contribution in [0.3, 0.4) is 0 Å². The van der Waals surface area contributed by atoms with Crippen molar-refractivity contribution in [3.8, 4) is 11.3 Å². The fourth-order valence-corrected chi connectivity index (χ4v) is 1.94. The number of nitrogens with zero attached hydrogens (tertiary/aromatic N) is 3. The molecule has 0 bridgehead atoms. The van der Waals surface area contributed by atoms with E-state index in [2.05, 4.69) is 30.7 Å². The van der Waals surface area contributed by atoms with Gasteiger partial charge < -0.3 is 5.32 Å². The van der Waals surface area contributed by atoms with E-state index >= 15 is 0 Å². The smallest absolute Gasteiger partial charge is 0.269 e. The van der Waals surface area contributed by atoms with Crippen LogP contribution in [0.15, 0.2) is 42.7 Å². The van der Waals surface area contributed by atoms with Gasteiger partial charge in [0.25, 0.3) is 5.91 Å². The molecule has 1 aromatic carbocycles. The molecule has 2 heterocycles. The predicted octanol–water partition coefficient (Wildman–Crippen LogP) is 1.17. The summed E-state index contributed by atoms with van der Waals surface area (Å²) in [6, 6.07) is 11.4. The van der Waals surface area contributed by atoms with Crippen molar-refractivity contribution in [3.63, 3.8) is 0 Å². The number of carbonyl (C=O) groups excluding carboxylic acids is 1. The Kier molecular flexibility index (Phi) is 3.72. The van der Waals surface area contributed by atoms with Crippen LogP contribution < -0.4 is 5.32 Å². The maximum atomic E-state index is 12.0. The summed E-state index contributed by atoms with van der Waals surface area (Å²) in [5.74, 6) is 0.550. The van der Waals surface area contributed by atoms with Crippen molar-refractivity contribution in [2.75, 3.05) is 6.54 Å². The molecule has 0 spiro atoms. The minimum atomic E-state index is -0.191. The Bertz CT molecular complexity index is 704. The standard InChI is InChI=1S/C14H14N6O/c21-14(15-7-6-13-16-9-17-20-13)12-8-11(18-19-12)10-4-2-1-3-5-10/h1-5,8-9H,6-7H2,(H,15,21)(H,18,19)(H,16,17,20). The Hall–Kier alpha value is -2.96. The molecule has 0 atom stereocenters. The second-order valence-electron chi connectivity index (χ2n) is 4.47. The minimum absolute atomic E-state index is 0.191. The minimum Gasteiger partial charge on any atom is -0.350 e. The van der Waals surface area contributed by atoms with E-state index in [0.717, 1.165) is 17.1 Å². The second-order valence-corrected chi connectivity index (χ2v) is 4.47. The summed E-state index contributed by atoms with van der Waals surface area (Å²) in [6.07, 6.45) is 2.05. The van der Waals surface area contributed by atoms with Crippen LogP contribution in [0.25, 0.3) is 11.3 Å². The van der Waals surface area contributed by atoms with E-state index in [1.165, 1.54) is 6.33 Å². The Morgan fingerprint density at radius 2 is 2.05 bits per heavy atom. The average molecular weight is 282 g/mol. The largest absolute Gasteiger partial charge is 0.350 e. The van der Waals surface area contributed by atoms with Crippen molar-refractivity contribution in [2.45, 2.75) is 6.42 Å². The Labute approximate surface area is 120 Å². The highest BCUT2D eigenvalue weighted by atomic mass is 16.1. The maximum Gasteiger partial charge on any atom is 0.269 e. The average Bonchev–Trinajstić information content (AvgIpc) is 3.20. The highest BCUT2D eigenvalue weighted by molar-refractivity contribution is 5.93. The van der Waals surface area contributed by atoms with E-state index in [4.69, 9.17) is 0 Å². The number of carbonyl (C=O) groups is 1. The number of aromatic nitrogens is 5. The quantitative estimate of drug-likeness (QED) is 0.654. The van der Waals surface area contributed by atoms with Gasteiger partial charge in [0.1, 0.15) is 17.8 Å². The monoisotopic (exact) mass is 282 g/mol. The number of aromatic amines is 2. The summed E-state index contributed by atoms with van der Waals surface area (Å²) in [5, 5.41) is 16.2. The van der Waals surface area contributed by atoms with Crippen LogP contribution in [0.1, 0.15) is 16.3 Å². The van der Waals surface area contributed by atoms with Crippen LogP contribution >= 0.6 is 0 Å². The van der Waals surface area contributed by atoms with Crippen molar-refractivity contribution in [2.24, 2.45) is 0 Å². The predicted molar refractivity (Wildman–Crippen MR) is 76.4 cm³/mol. The van der Waals surface area contributed by atoms with Crippen molar-refractivity contribution in [1.29, 1.82) is 0 Å². The SMILES string of the molecule is O=C(NCCc1ncn[nH]1)c1cc(-c2ccccc2)n[nH]1. The molecule has 0 saturated heterocycles. The lowest BCUT2D eigenvalue weighted by Crippen LogP contribution is -2.26. The van der Waals surface area contributed by atoms with Crippen molar-refractivity contribution in [1.82, 2.24) is 30.7 Å². The molecule has 0 saturated carbocycles. The number of rotatable bonds is 5. The Morgan fingerprint density at radius 1 is 1.19 bits per heavy atom. The number of amides is 1. The van der Waals surface area contributed by atoms with Gasteiger partial charge in [0.15, 0.2) is 0 Å². The molecule has 0 unspecified atom stereocenters. The second kappa shape index (κ2) is 6.00. The fourth-order valence-electron chi connectivity index (χ4n) is 1.94. The van der Waals surface area contributed by atoms with E-state index in [1.54, 1.807) is 6.07 Å². The Morgan fingerprint density at radius 3 is 2.81 bits per heavy atom. The number of benzene rings is 1. The van der Waals surface area contributed by atoms with Gasteiger partial charge in [0.05, 0.1) is 5.69 Å². The molecular formula is C14H14N6O. The van der Waals surface area contributed by atoms with Gasteiger partial charge in [0.2, 0.25) is 0 Å². The molecular weight excluding hydrogens is 268 g/mol. The zero-order valence-electron chi connectivity index (χ0n) is 11.2. The van der Waals surface area contributed by atoms with Gasteiger partial charge in [0, 0.05) is 18.5 Å². The normalized spacial score (nSPS) is 10.5. The summed E-state index contributed by atoms with van der Waals surface area (Å²) in [4.78, 5) is 16.0. The number of hydrogen-bond acceptors (Lipinski definition) is 4. The molecule has 0 aliphatic heterocycles.